The Hall–Kier alpha value is -1.25. The van der Waals surface area contributed by atoms with Crippen molar-refractivity contribution in [3.8, 4) is 5.75 Å². The quantitative estimate of drug-likeness (QED) is 0.672. The van der Waals surface area contributed by atoms with Crippen LogP contribution in [0.15, 0.2) is 12.1 Å². The predicted molar refractivity (Wildman–Crippen MR) is 44.3 cm³/mol. The first kappa shape index (κ1) is 7.85. The molecule has 0 aliphatic carbocycles. The van der Waals surface area contributed by atoms with Gasteiger partial charge in [-0.3, -0.25) is 0 Å². The molecule has 1 aromatic heterocycles. The normalized spacial score (nSPS) is 9.91. The molecule has 1 aromatic rings. The molecule has 0 fully saturated rings. The minimum Gasteiger partial charge on any atom is -0.506 e. The molecule has 60 valence electrons. The van der Waals surface area contributed by atoms with Crippen LogP contribution in [0.2, 0.25) is 0 Å². The maximum Gasteiger partial charge on any atom is 0.137 e. The molecule has 0 radical (unpaired) electrons. The molecule has 3 nitrogen and oxygen atoms in total. The molecule has 3 heteroatoms. The highest BCUT2D eigenvalue weighted by atomic mass is 16.3. The number of aromatic nitrogens is 1. The lowest BCUT2D eigenvalue weighted by Gasteiger charge is -2.01. The van der Waals surface area contributed by atoms with Crippen molar-refractivity contribution in [1.29, 1.82) is 0 Å². The van der Waals surface area contributed by atoms with E-state index in [-0.39, 0.29) is 5.75 Å². The number of nitrogens with two attached hydrogens (primary N) is 1. The van der Waals surface area contributed by atoms with Gasteiger partial charge in [0.25, 0.3) is 0 Å². The molecular formula is C8H12N2O. The van der Waals surface area contributed by atoms with Crippen LogP contribution in [0, 0.1) is 0 Å². The van der Waals surface area contributed by atoms with Crippen LogP contribution in [0.1, 0.15) is 19.0 Å². The van der Waals surface area contributed by atoms with Crippen molar-refractivity contribution < 1.29 is 5.11 Å². The molecule has 11 heavy (non-hydrogen) atoms. The van der Waals surface area contributed by atoms with Crippen LogP contribution >= 0.6 is 0 Å². The Morgan fingerprint density at radius 3 is 2.91 bits per heavy atom. The number of pyridine rings is 1. The zero-order valence-electron chi connectivity index (χ0n) is 6.54. The minimum atomic E-state index is 0.237. The number of nitrogens with zero attached hydrogens (tertiary/aromatic N) is 1. The molecule has 0 bridgehead atoms. The average Bonchev–Trinajstić information content (AvgIpc) is 1.98. The highest BCUT2D eigenvalue weighted by Gasteiger charge is 2.00. The molecule has 0 aliphatic heterocycles. The molecule has 0 spiro atoms. The Morgan fingerprint density at radius 2 is 2.27 bits per heavy atom. The van der Waals surface area contributed by atoms with Gasteiger partial charge in [0.1, 0.15) is 11.6 Å². The largest absolute Gasteiger partial charge is 0.506 e. The Bertz CT molecular complexity index is 248. The smallest absolute Gasteiger partial charge is 0.137 e. The van der Waals surface area contributed by atoms with Gasteiger partial charge in [-0.2, -0.15) is 0 Å². The average molecular weight is 152 g/mol. The first-order valence-electron chi connectivity index (χ1n) is 3.68. The maximum absolute atomic E-state index is 9.25. The van der Waals surface area contributed by atoms with E-state index in [0.717, 1.165) is 12.8 Å². The Kier molecular flexibility index (Phi) is 2.31. The number of rotatable bonds is 2. The lowest BCUT2D eigenvalue weighted by atomic mass is 10.2. The summed E-state index contributed by atoms with van der Waals surface area (Å²) in [6, 6.07) is 3.17. The van der Waals surface area contributed by atoms with Gasteiger partial charge < -0.3 is 10.8 Å². The number of aryl methyl sites for hydroxylation is 1. The first-order valence-corrected chi connectivity index (χ1v) is 3.68. The van der Waals surface area contributed by atoms with Gasteiger partial charge in [0.15, 0.2) is 0 Å². The van der Waals surface area contributed by atoms with E-state index in [2.05, 4.69) is 4.98 Å². The van der Waals surface area contributed by atoms with Crippen LogP contribution in [-0.4, -0.2) is 10.1 Å². The van der Waals surface area contributed by atoms with E-state index in [1.807, 2.05) is 6.92 Å². The monoisotopic (exact) mass is 152 g/mol. The third kappa shape index (κ3) is 1.83. The van der Waals surface area contributed by atoms with Crippen molar-refractivity contribution in [2.45, 2.75) is 19.8 Å². The zero-order valence-corrected chi connectivity index (χ0v) is 6.54. The zero-order chi connectivity index (χ0) is 8.27. The van der Waals surface area contributed by atoms with Gasteiger partial charge in [0.05, 0.1) is 5.69 Å². The van der Waals surface area contributed by atoms with Gasteiger partial charge in [0.2, 0.25) is 0 Å². The first-order chi connectivity index (χ1) is 5.24. The third-order valence-corrected chi connectivity index (χ3v) is 1.46. The molecular weight excluding hydrogens is 140 g/mol. The van der Waals surface area contributed by atoms with Gasteiger partial charge in [-0.05, 0) is 18.6 Å². The molecule has 1 rings (SSSR count). The highest BCUT2D eigenvalue weighted by molar-refractivity contribution is 5.37. The predicted octanol–water partition coefficient (Wildman–Crippen LogP) is 1.32. The SMILES string of the molecule is CCCc1nc(N)ccc1O. The summed E-state index contributed by atoms with van der Waals surface area (Å²) in [5.74, 6) is 0.701. The van der Waals surface area contributed by atoms with E-state index >= 15 is 0 Å². The van der Waals surface area contributed by atoms with E-state index in [1.165, 1.54) is 0 Å². The summed E-state index contributed by atoms with van der Waals surface area (Å²) in [5, 5.41) is 9.25. The molecule has 0 saturated carbocycles. The molecule has 0 amide bonds. The summed E-state index contributed by atoms with van der Waals surface area (Å²) in [7, 11) is 0. The Morgan fingerprint density at radius 1 is 1.55 bits per heavy atom. The third-order valence-electron chi connectivity index (χ3n) is 1.46. The highest BCUT2D eigenvalue weighted by Crippen LogP contribution is 2.16. The van der Waals surface area contributed by atoms with Gasteiger partial charge in [0, 0.05) is 0 Å². The van der Waals surface area contributed by atoms with Gasteiger partial charge in [-0.25, -0.2) is 4.98 Å². The Labute approximate surface area is 65.9 Å². The fourth-order valence-electron chi connectivity index (χ4n) is 0.932. The number of nitrogen functional groups attached to an aromatic ring is 1. The summed E-state index contributed by atoms with van der Waals surface area (Å²) < 4.78 is 0. The molecule has 3 N–H and O–H groups in total. The van der Waals surface area contributed by atoms with E-state index in [4.69, 9.17) is 5.73 Å². The van der Waals surface area contributed by atoms with Gasteiger partial charge in [-0.1, -0.05) is 13.3 Å². The summed E-state index contributed by atoms with van der Waals surface area (Å²) in [6.07, 6.45) is 1.74. The molecule has 0 saturated heterocycles. The lowest BCUT2D eigenvalue weighted by Crippen LogP contribution is -1.95. The summed E-state index contributed by atoms with van der Waals surface area (Å²) in [4.78, 5) is 3.99. The van der Waals surface area contributed by atoms with Crippen molar-refractivity contribution in [3.63, 3.8) is 0 Å². The van der Waals surface area contributed by atoms with E-state index in [0.29, 0.717) is 11.5 Å². The standard InChI is InChI=1S/C8H12N2O/c1-2-3-6-7(11)4-5-8(9)10-6/h4-5,11H,2-3H2,1H3,(H2,9,10). The van der Waals surface area contributed by atoms with Crippen LogP contribution in [0.5, 0.6) is 5.75 Å². The maximum atomic E-state index is 9.25. The van der Waals surface area contributed by atoms with Gasteiger partial charge >= 0.3 is 0 Å². The van der Waals surface area contributed by atoms with Crippen LogP contribution in [0.4, 0.5) is 5.82 Å². The minimum absolute atomic E-state index is 0.237. The second kappa shape index (κ2) is 3.23. The second-order valence-corrected chi connectivity index (χ2v) is 2.45. The summed E-state index contributed by atoms with van der Waals surface area (Å²) in [5.41, 5.74) is 6.12. The van der Waals surface area contributed by atoms with Crippen molar-refractivity contribution in [2.24, 2.45) is 0 Å². The van der Waals surface area contributed by atoms with Gasteiger partial charge in [-0.15, -0.1) is 0 Å². The molecule has 0 aromatic carbocycles. The van der Waals surface area contributed by atoms with E-state index in [1.54, 1.807) is 12.1 Å². The van der Waals surface area contributed by atoms with Crippen molar-refractivity contribution in [3.05, 3.63) is 17.8 Å². The number of hydrogen-bond donors (Lipinski definition) is 2. The molecule has 0 atom stereocenters. The van der Waals surface area contributed by atoms with E-state index < -0.39 is 0 Å². The number of hydrogen-bond acceptors (Lipinski definition) is 3. The fraction of sp³-hybridized carbons (Fsp3) is 0.375. The van der Waals surface area contributed by atoms with Crippen LogP contribution in [-0.2, 0) is 6.42 Å². The molecule has 1 heterocycles. The van der Waals surface area contributed by atoms with Crippen LogP contribution in [0.3, 0.4) is 0 Å². The van der Waals surface area contributed by atoms with Crippen molar-refractivity contribution >= 4 is 5.82 Å². The van der Waals surface area contributed by atoms with Crippen LogP contribution < -0.4 is 5.73 Å². The fourth-order valence-corrected chi connectivity index (χ4v) is 0.932. The topological polar surface area (TPSA) is 59.1 Å². The number of anilines is 1. The van der Waals surface area contributed by atoms with E-state index in [9.17, 15) is 5.11 Å². The molecule has 0 unspecified atom stereocenters. The lowest BCUT2D eigenvalue weighted by molar-refractivity contribution is 0.463. The van der Waals surface area contributed by atoms with Crippen molar-refractivity contribution in [1.82, 2.24) is 4.98 Å². The summed E-state index contributed by atoms with van der Waals surface area (Å²) in [6.45, 7) is 2.03. The van der Waals surface area contributed by atoms with Crippen molar-refractivity contribution in [2.75, 3.05) is 5.73 Å². The molecule has 0 aliphatic rings. The summed E-state index contributed by atoms with van der Waals surface area (Å²) >= 11 is 0. The number of aromatic hydroxyl groups is 1. The Balaban J connectivity index is 2.93. The second-order valence-electron chi connectivity index (χ2n) is 2.45. The van der Waals surface area contributed by atoms with Crippen LogP contribution in [0.25, 0.3) is 0 Å².